The maximum Gasteiger partial charge on any atom is 0.251 e. The number of rotatable bonds is 11. The Hall–Kier alpha value is -3.45. The van der Waals surface area contributed by atoms with E-state index in [4.69, 9.17) is 16.3 Å². The number of fused-ring (bicyclic) bond motifs is 1. The first-order chi connectivity index (χ1) is 17.5. The number of methoxy groups -OCH3 is 1. The molecule has 0 spiro atoms. The highest BCUT2D eigenvalue weighted by Crippen LogP contribution is 2.26. The zero-order valence-corrected chi connectivity index (χ0v) is 21.2. The topological polar surface area (TPSA) is 83.2 Å². The lowest BCUT2D eigenvalue weighted by atomic mass is 9.96. The fourth-order valence-corrected chi connectivity index (χ4v) is 4.54. The van der Waals surface area contributed by atoms with Crippen LogP contribution in [0.5, 0.6) is 0 Å². The standard InChI is InChI=1S/C29H30ClN3O3/c1-19-8-9-20(25(30)16-19)12-13-31-27(21-6-4-3-5-7-21)28(34)24-18-33-26-17-22(10-11-23(24)26)29(35)32-14-15-36-2/h3-11,16-18,27,31,33H,12-15H2,1-2H3,(H,32,35)/t27-/m0/s1. The highest BCUT2D eigenvalue weighted by atomic mass is 35.5. The molecule has 4 aromatic rings. The van der Waals surface area contributed by atoms with Gasteiger partial charge in [0, 0.05) is 53.4 Å². The van der Waals surface area contributed by atoms with Crippen molar-refractivity contribution in [3.05, 3.63) is 106 Å². The van der Waals surface area contributed by atoms with Crippen molar-refractivity contribution < 1.29 is 14.3 Å². The van der Waals surface area contributed by atoms with Gasteiger partial charge < -0.3 is 20.4 Å². The maximum absolute atomic E-state index is 13.8. The number of Topliss-reactive ketones (excluding diaryl/α,β-unsaturated/α-hetero) is 1. The number of hydrogen-bond acceptors (Lipinski definition) is 4. The summed E-state index contributed by atoms with van der Waals surface area (Å²) in [5.41, 5.74) is 4.87. The zero-order chi connectivity index (χ0) is 25.5. The smallest absolute Gasteiger partial charge is 0.251 e. The van der Waals surface area contributed by atoms with Crippen LogP contribution in [0.25, 0.3) is 10.9 Å². The summed E-state index contributed by atoms with van der Waals surface area (Å²) in [6.07, 6.45) is 2.42. The van der Waals surface area contributed by atoms with Crippen molar-refractivity contribution in [2.24, 2.45) is 0 Å². The Morgan fingerprint density at radius 2 is 1.83 bits per heavy atom. The summed E-state index contributed by atoms with van der Waals surface area (Å²) < 4.78 is 4.98. The number of carbonyl (C=O) groups is 2. The van der Waals surface area contributed by atoms with Crippen molar-refractivity contribution in [3.8, 4) is 0 Å². The number of benzene rings is 3. The normalized spacial score (nSPS) is 12.0. The summed E-state index contributed by atoms with van der Waals surface area (Å²) in [4.78, 5) is 29.3. The molecule has 186 valence electrons. The van der Waals surface area contributed by atoms with E-state index >= 15 is 0 Å². The van der Waals surface area contributed by atoms with Crippen LogP contribution in [-0.2, 0) is 11.2 Å². The number of ketones is 1. The minimum atomic E-state index is -0.522. The van der Waals surface area contributed by atoms with Gasteiger partial charge in [0.15, 0.2) is 5.78 Å². The Morgan fingerprint density at radius 1 is 1.03 bits per heavy atom. The van der Waals surface area contributed by atoms with Crippen molar-refractivity contribution >= 4 is 34.2 Å². The predicted octanol–water partition coefficient (Wildman–Crippen LogP) is 5.26. The van der Waals surface area contributed by atoms with E-state index in [0.717, 1.165) is 32.6 Å². The largest absolute Gasteiger partial charge is 0.383 e. The molecule has 0 unspecified atom stereocenters. The van der Waals surface area contributed by atoms with Crippen LogP contribution in [0, 0.1) is 6.92 Å². The number of amides is 1. The molecule has 3 N–H and O–H groups in total. The van der Waals surface area contributed by atoms with Crippen LogP contribution >= 0.6 is 11.6 Å². The van der Waals surface area contributed by atoms with Crippen molar-refractivity contribution in [2.75, 3.05) is 26.8 Å². The molecule has 0 fully saturated rings. The first-order valence-corrected chi connectivity index (χ1v) is 12.3. The van der Waals surface area contributed by atoms with Gasteiger partial charge in [0.05, 0.1) is 12.6 Å². The molecule has 36 heavy (non-hydrogen) atoms. The summed E-state index contributed by atoms with van der Waals surface area (Å²) in [5.74, 6) is -0.227. The van der Waals surface area contributed by atoms with Gasteiger partial charge in [0.25, 0.3) is 5.91 Å². The van der Waals surface area contributed by atoms with Crippen LogP contribution in [0.3, 0.4) is 0 Å². The summed E-state index contributed by atoms with van der Waals surface area (Å²) >= 11 is 6.41. The third kappa shape index (κ3) is 6.02. The van der Waals surface area contributed by atoms with Gasteiger partial charge in [-0.3, -0.25) is 9.59 Å². The first kappa shape index (κ1) is 25.6. The highest BCUT2D eigenvalue weighted by molar-refractivity contribution is 6.31. The molecule has 0 saturated heterocycles. The molecule has 1 amide bonds. The molecule has 0 aliphatic rings. The van der Waals surface area contributed by atoms with Crippen LogP contribution in [0.1, 0.15) is 43.4 Å². The average Bonchev–Trinajstić information content (AvgIpc) is 3.31. The van der Waals surface area contributed by atoms with E-state index in [1.54, 1.807) is 25.4 Å². The second-order valence-electron chi connectivity index (χ2n) is 8.72. The molecular formula is C29H30ClN3O3. The summed E-state index contributed by atoms with van der Waals surface area (Å²) in [6.45, 7) is 3.47. The Bertz CT molecular complexity index is 1350. The molecule has 1 heterocycles. The second-order valence-corrected chi connectivity index (χ2v) is 9.13. The van der Waals surface area contributed by atoms with Crippen LogP contribution < -0.4 is 10.6 Å². The van der Waals surface area contributed by atoms with E-state index in [1.807, 2.05) is 61.5 Å². The van der Waals surface area contributed by atoms with Crippen molar-refractivity contribution in [1.82, 2.24) is 15.6 Å². The van der Waals surface area contributed by atoms with Gasteiger partial charge in [0.2, 0.25) is 0 Å². The molecular weight excluding hydrogens is 474 g/mol. The van der Waals surface area contributed by atoms with Gasteiger partial charge in [-0.05, 0) is 48.2 Å². The maximum atomic E-state index is 13.8. The van der Waals surface area contributed by atoms with E-state index in [2.05, 4.69) is 15.6 Å². The summed E-state index contributed by atoms with van der Waals surface area (Å²) in [6, 6.07) is 20.5. The van der Waals surface area contributed by atoms with Gasteiger partial charge in [-0.2, -0.15) is 0 Å². The Balaban J connectivity index is 1.54. The number of halogens is 1. The molecule has 0 radical (unpaired) electrons. The number of aryl methyl sites for hydroxylation is 1. The van der Waals surface area contributed by atoms with E-state index in [0.29, 0.717) is 37.2 Å². The number of ether oxygens (including phenoxy) is 1. The number of aromatic amines is 1. The van der Waals surface area contributed by atoms with E-state index in [9.17, 15) is 9.59 Å². The molecule has 0 bridgehead atoms. The quantitative estimate of drug-likeness (QED) is 0.192. The lowest BCUT2D eigenvalue weighted by Crippen LogP contribution is -2.30. The van der Waals surface area contributed by atoms with Gasteiger partial charge in [-0.25, -0.2) is 0 Å². The molecule has 1 atom stereocenters. The Morgan fingerprint density at radius 3 is 2.58 bits per heavy atom. The average molecular weight is 504 g/mol. The van der Waals surface area contributed by atoms with Crippen molar-refractivity contribution in [2.45, 2.75) is 19.4 Å². The van der Waals surface area contributed by atoms with E-state index in [-0.39, 0.29) is 11.7 Å². The Labute approximate surface area is 216 Å². The lowest BCUT2D eigenvalue weighted by molar-refractivity contribution is 0.0933. The molecule has 4 rings (SSSR count). The number of carbonyl (C=O) groups excluding carboxylic acids is 2. The fourth-order valence-electron chi connectivity index (χ4n) is 4.21. The number of aromatic nitrogens is 1. The minimum Gasteiger partial charge on any atom is -0.383 e. The zero-order valence-electron chi connectivity index (χ0n) is 20.4. The summed E-state index contributed by atoms with van der Waals surface area (Å²) in [7, 11) is 1.59. The van der Waals surface area contributed by atoms with Crippen LogP contribution in [0.2, 0.25) is 5.02 Å². The van der Waals surface area contributed by atoms with Crippen LogP contribution in [0.15, 0.2) is 72.9 Å². The third-order valence-electron chi connectivity index (χ3n) is 6.15. The third-order valence-corrected chi connectivity index (χ3v) is 6.50. The van der Waals surface area contributed by atoms with Crippen molar-refractivity contribution in [1.29, 1.82) is 0 Å². The van der Waals surface area contributed by atoms with Gasteiger partial charge >= 0.3 is 0 Å². The lowest BCUT2D eigenvalue weighted by Gasteiger charge is -2.18. The van der Waals surface area contributed by atoms with E-state index in [1.165, 1.54) is 0 Å². The highest BCUT2D eigenvalue weighted by Gasteiger charge is 2.24. The number of H-pyrrole nitrogens is 1. The first-order valence-electron chi connectivity index (χ1n) is 11.9. The number of nitrogens with one attached hydrogen (secondary N) is 3. The van der Waals surface area contributed by atoms with Gasteiger partial charge in [0.1, 0.15) is 0 Å². The predicted molar refractivity (Wildman–Crippen MR) is 144 cm³/mol. The second kappa shape index (κ2) is 12.0. The SMILES string of the molecule is COCCNC(=O)c1ccc2c(C(=O)[C@@H](NCCc3ccc(C)cc3Cl)c3ccccc3)c[nH]c2c1. The molecule has 7 heteroatoms. The molecule has 0 aliphatic carbocycles. The summed E-state index contributed by atoms with van der Waals surface area (Å²) in [5, 5.41) is 7.76. The molecule has 6 nitrogen and oxygen atoms in total. The molecule has 0 saturated carbocycles. The van der Waals surface area contributed by atoms with E-state index < -0.39 is 6.04 Å². The fraction of sp³-hybridized carbons (Fsp3) is 0.241. The molecule has 0 aliphatic heterocycles. The Kier molecular flexibility index (Phi) is 8.54. The monoisotopic (exact) mass is 503 g/mol. The molecule has 3 aromatic carbocycles. The van der Waals surface area contributed by atoms with Gasteiger partial charge in [-0.1, -0.05) is 60.1 Å². The minimum absolute atomic E-state index is 0.0419. The van der Waals surface area contributed by atoms with Gasteiger partial charge in [-0.15, -0.1) is 0 Å². The van der Waals surface area contributed by atoms with Crippen LogP contribution in [-0.4, -0.2) is 43.5 Å². The van der Waals surface area contributed by atoms with Crippen LogP contribution in [0.4, 0.5) is 0 Å². The van der Waals surface area contributed by atoms with Crippen molar-refractivity contribution in [3.63, 3.8) is 0 Å². The number of hydrogen-bond donors (Lipinski definition) is 3. The molecule has 1 aromatic heterocycles.